The second-order valence-corrected chi connectivity index (χ2v) is 8.50. The van der Waals surface area contributed by atoms with E-state index < -0.39 is 6.04 Å². The Bertz CT molecular complexity index is 1070. The van der Waals surface area contributed by atoms with Crippen LogP contribution in [0.25, 0.3) is 10.8 Å². The average Bonchev–Trinajstić information content (AvgIpc) is 2.85. The molecule has 0 saturated heterocycles. The van der Waals surface area contributed by atoms with Crippen LogP contribution in [0.1, 0.15) is 44.7 Å². The molecule has 33 heavy (non-hydrogen) atoms. The summed E-state index contributed by atoms with van der Waals surface area (Å²) in [6.45, 7) is 6.17. The fraction of sp³-hybridized carbons (Fsp3) is 0.357. The van der Waals surface area contributed by atoms with Crippen molar-refractivity contribution in [3.63, 3.8) is 0 Å². The molecule has 0 aliphatic carbocycles. The summed E-state index contributed by atoms with van der Waals surface area (Å²) in [5, 5.41) is 5.34. The molecule has 0 aliphatic rings. The van der Waals surface area contributed by atoms with Crippen molar-refractivity contribution in [3.05, 3.63) is 77.9 Å². The topological polar surface area (TPSA) is 58.6 Å². The fourth-order valence-electron chi connectivity index (χ4n) is 3.87. The maximum Gasteiger partial charge on any atom is 0.242 e. The molecule has 0 bridgehead atoms. The van der Waals surface area contributed by atoms with Crippen LogP contribution in [-0.4, -0.2) is 35.9 Å². The van der Waals surface area contributed by atoms with E-state index in [4.69, 9.17) is 4.74 Å². The number of nitrogens with zero attached hydrogens (tertiary/aromatic N) is 1. The molecule has 0 unspecified atom stereocenters. The van der Waals surface area contributed by atoms with E-state index in [0.29, 0.717) is 19.4 Å². The van der Waals surface area contributed by atoms with Crippen LogP contribution in [0.4, 0.5) is 0 Å². The number of hydrogen-bond donors (Lipinski definition) is 1. The lowest BCUT2D eigenvalue weighted by molar-refractivity contribution is -0.140. The first kappa shape index (κ1) is 24.3. The molecule has 0 aliphatic heterocycles. The Morgan fingerprint density at radius 2 is 1.67 bits per heavy atom. The summed E-state index contributed by atoms with van der Waals surface area (Å²) in [6.07, 6.45) is 1.80. The van der Waals surface area contributed by atoms with Gasteiger partial charge in [0.15, 0.2) is 0 Å². The minimum absolute atomic E-state index is 0.0365. The van der Waals surface area contributed by atoms with Gasteiger partial charge in [-0.2, -0.15) is 0 Å². The van der Waals surface area contributed by atoms with Gasteiger partial charge in [-0.3, -0.25) is 9.59 Å². The van der Waals surface area contributed by atoms with Crippen LogP contribution in [0.3, 0.4) is 0 Å². The lowest BCUT2D eigenvalue weighted by atomic mass is 10.0. The highest BCUT2D eigenvalue weighted by Gasteiger charge is 2.26. The van der Waals surface area contributed by atoms with E-state index in [2.05, 4.69) is 29.6 Å². The van der Waals surface area contributed by atoms with E-state index in [1.165, 1.54) is 5.39 Å². The number of fused-ring (bicyclic) bond motifs is 1. The Morgan fingerprint density at radius 1 is 0.970 bits per heavy atom. The number of aryl methyl sites for hydroxylation is 1. The van der Waals surface area contributed by atoms with Crippen molar-refractivity contribution in [1.82, 2.24) is 10.2 Å². The Morgan fingerprint density at radius 3 is 2.36 bits per heavy atom. The van der Waals surface area contributed by atoms with Gasteiger partial charge in [0.05, 0.1) is 7.11 Å². The highest BCUT2D eigenvalue weighted by Crippen LogP contribution is 2.21. The molecule has 5 nitrogen and oxygen atoms in total. The first-order valence-corrected chi connectivity index (χ1v) is 11.6. The van der Waals surface area contributed by atoms with Gasteiger partial charge in [-0.1, -0.05) is 61.5 Å². The van der Waals surface area contributed by atoms with Crippen molar-refractivity contribution >= 4 is 22.6 Å². The van der Waals surface area contributed by atoms with Crippen LogP contribution in [-0.2, 0) is 22.6 Å². The van der Waals surface area contributed by atoms with Gasteiger partial charge in [-0.05, 0) is 60.7 Å². The predicted octanol–water partition coefficient (Wildman–Crippen LogP) is 5.11. The van der Waals surface area contributed by atoms with Crippen molar-refractivity contribution in [3.8, 4) is 5.75 Å². The number of ether oxygens (including phenoxy) is 1. The maximum absolute atomic E-state index is 13.4. The molecule has 0 heterocycles. The van der Waals surface area contributed by atoms with Crippen LogP contribution < -0.4 is 10.1 Å². The molecule has 174 valence electrons. The van der Waals surface area contributed by atoms with Crippen LogP contribution in [0.2, 0.25) is 0 Å². The van der Waals surface area contributed by atoms with Crippen LogP contribution in [0.15, 0.2) is 66.7 Å². The SMILES string of the molecule is CC[C@H](C)NC(=O)[C@@H](C)N(Cc1ccc(OC)cc1)C(=O)CCc1cccc2ccccc12. The average molecular weight is 447 g/mol. The molecule has 1 N–H and O–H groups in total. The second kappa shape index (κ2) is 11.5. The van der Waals surface area contributed by atoms with Gasteiger partial charge in [0.25, 0.3) is 0 Å². The fourth-order valence-corrected chi connectivity index (χ4v) is 3.87. The van der Waals surface area contributed by atoms with Gasteiger partial charge in [-0.25, -0.2) is 0 Å². The summed E-state index contributed by atoms with van der Waals surface area (Å²) >= 11 is 0. The Balaban J connectivity index is 1.78. The van der Waals surface area contributed by atoms with E-state index in [0.717, 1.165) is 28.7 Å². The summed E-state index contributed by atoms with van der Waals surface area (Å²) in [5.74, 6) is 0.595. The smallest absolute Gasteiger partial charge is 0.242 e. The third-order valence-electron chi connectivity index (χ3n) is 6.17. The molecule has 5 heteroatoms. The van der Waals surface area contributed by atoms with E-state index in [1.807, 2.05) is 56.3 Å². The zero-order valence-electron chi connectivity index (χ0n) is 20.0. The summed E-state index contributed by atoms with van der Waals surface area (Å²) in [5.41, 5.74) is 2.10. The van der Waals surface area contributed by atoms with Crippen LogP contribution in [0.5, 0.6) is 5.75 Å². The Labute approximate surface area is 196 Å². The first-order valence-electron chi connectivity index (χ1n) is 11.6. The van der Waals surface area contributed by atoms with Gasteiger partial charge in [0.1, 0.15) is 11.8 Å². The summed E-state index contributed by atoms with van der Waals surface area (Å²) in [4.78, 5) is 28.0. The lowest BCUT2D eigenvalue weighted by Gasteiger charge is -2.30. The number of carbonyl (C=O) groups excluding carboxylic acids is 2. The van der Waals surface area contributed by atoms with E-state index in [-0.39, 0.29) is 17.9 Å². The monoisotopic (exact) mass is 446 g/mol. The number of amides is 2. The quantitative estimate of drug-likeness (QED) is 0.471. The zero-order valence-corrected chi connectivity index (χ0v) is 20.0. The van der Waals surface area contributed by atoms with E-state index in [9.17, 15) is 9.59 Å². The number of rotatable bonds is 10. The molecule has 0 aromatic heterocycles. The molecule has 0 radical (unpaired) electrons. The highest BCUT2D eigenvalue weighted by molar-refractivity contribution is 5.89. The Kier molecular flexibility index (Phi) is 8.47. The van der Waals surface area contributed by atoms with Gasteiger partial charge >= 0.3 is 0 Å². The van der Waals surface area contributed by atoms with Crippen LogP contribution >= 0.6 is 0 Å². The number of carbonyl (C=O) groups is 2. The van der Waals surface area contributed by atoms with Crippen molar-refractivity contribution in [2.75, 3.05) is 7.11 Å². The molecule has 3 aromatic rings. The second-order valence-electron chi connectivity index (χ2n) is 8.50. The summed E-state index contributed by atoms with van der Waals surface area (Å²) in [7, 11) is 1.62. The number of nitrogens with one attached hydrogen (secondary N) is 1. The number of benzene rings is 3. The van der Waals surface area contributed by atoms with Gasteiger partial charge in [0.2, 0.25) is 11.8 Å². The third kappa shape index (κ3) is 6.35. The molecule has 3 rings (SSSR count). The molecule has 0 fully saturated rings. The van der Waals surface area contributed by atoms with Crippen molar-refractivity contribution < 1.29 is 14.3 Å². The van der Waals surface area contributed by atoms with Crippen molar-refractivity contribution in [2.24, 2.45) is 0 Å². The van der Waals surface area contributed by atoms with E-state index in [1.54, 1.807) is 18.9 Å². The molecule has 3 aromatic carbocycles. The number of hydrogen-bond acceptors (Lipinski definition) is 3. The predicted molar refractivity (Wildman–Crippen MR) is 133 cm³/mol. The van der Waals surface area contributed by atoms with Gasteiger partial charge < -0.3 is 15.0 Å². The maximum atomic E-state index is 13.4. The molecule has 0 saturated carbocycles. The normalized spacial score (nSPS) is 12.7. The zero-order chi connectivity index (χ0) is 23.8. The highest BCUT2D eigenvalue weighted by atomic mass is 16.5. The molecule has 0 spiro atoms. The molecular weight excluding hydrogens is 412 g/mol. The first-order chi connectivity index (χ1) is 15.9. The van der Waals surface area contributed by atoms with Crippen LogP contribution in [0, 0.1) is 0 Å². The van der Waals surface area contributed by atoms with Gasteiger partial charge in [0, 0.05) is 19.0 Å². The van der Waals surface area contributed by atoms with Gasteiger partial charge in [-0.15, -0.1) is 0 Å². The minimum Gasteiger partial charge on any atom is -0.497 e. The largest absolute Gasteiger partial charge is 0.497 e. The van der Waals surface area contributed by atoms with Crippen molar-refractivity contribution in [2.45, 2.75) is 58.7 Å². The summed E-state index contributed by atoms with van der Waals surface area (Å²) in [6, 6.07) is 21.5. The third-order valence-corrected chi connectivity index (χ3v) is 6.17. The molecule has 2 amide bonds. The van der Waals surface area contributed by atoms with Crippen molar-refractivity contribution in [1.29, 1.82) is 0 Å². The molecular formula is C28H34N2O3. The Hall–Kier alpha value is -3.34. The number of methoxy groups -OCH3 is 1. The van der Waals surface area contributed by atoms with E-state index >= 15 is 0 Å². The summed E-state index contributed by atoms with van der Waals surface area (Å²) < 4.78 is 5.24. The minimum atomic E-state index is -0.568. The molecule has 2 atom stereocenters. The lowest BCUT2D eigenvalue weighted by Crippen LogP contribution is -2.49. The standard InChI is InChI=1S/C28H34N2O3/c1-5-20(2)29-28(32)21(3)30(19-22-13-16-25(33-4)17-14-22)27(31)18-15-24-11-8-10-23-9-6-7-12-26(23)24/h6-14,16-17,20-21H,5,15,18-19H2,1-4H3,(H,29,32)/t20-,21+/m0/s1.